The number of halogens is 2. The van der Waals surface area contributed by atoms with Crippen molar-refractivity contribution in [3.8, 4) is 0 Å². The van der Waals surface area contributed by atoms with Crippen LogP contribution in [0.1, 0.15) is 48.1 Å². The molecule has 0 atom stereocenters. The summed E-state index contributed by atoms with van der Waals surface area (Å²) >= 11 is 4.09. The molecule has 0 aliphatic rings. The number of benzene rings is 1. The standard InChI is InChI=1S/C22H26F2N4O2S/c1-13(2)22(23,24)19-7-5-6-17(27-19)20(29)28-18-10-14(12-26-8-9-31)16(25)11-15(18)21(3,4)30/h5-7,10-12,30-31H,1,8-9,25H2,2-4H3,(H,28,29). The molecule has 31 heavy (non-hydrogen) atoms. The summed E-state index contributed by atoms with van der Waals surface area (Å²) in [5.41, 5.74) is 5.07. The van der Waals surface area contributed by atoms with Gasteiger partial charge in [0.15, 0.2) is 0 Å². The number of amides is 1. The maximum atomic E-state index is 14.3. The zero-order chi connectivity index (χ0) is 23.4. The van der Waals surface area contributed by atoms with E-state index < -0.39 is 23.1 Å². The average molecular weight is 449 g/mol. The molecule has 2 rings (SSSR count). The van der Waals surface area contributed by atoms with E-state index in [1.807, 2.05) is 0 Å². The Morgan fingerprint density at radius 1 is 1.39 bits per heavy atom. The molecule has 4 N–H and O–H groups in total. The van der Waals surface area contributed by atoms with Gasteiger partial charge in [0.25, 0.3) is 5.91 Å². The lowest BCUT2D eigenvalue weighted by molar-refractivity contribution is 0.0336. The van der Waals surface area contributed by atoms with Crippen molar-refractivity contribution >= 4 is 36.1 Å². The molecule has 1 amide bonds. The van der Waals surface area contributed by atoms with Crippen LogP contribution in [0.25, 0.3) is 0 Å². The van der Waals surface area contributed by atoms with Gasteiger partial charge in [-0.15, -0.1) is 0 Å². The van der Waals surface area contributed by atoms with Crippen molar-refractivity contribution < 1.29 is 18.7 Å². The van der Waals surface area contributed by atoms with Crippen LogP contribution in [0.3, 0.4) is 0 Å². The summed E-state index contributed by atoms with van der Waals surface area (Å²) in [6.45, 7) is 8.03. The molecular formula is C22H26F2N4O2S. The van der Waals surface area contributed by atoms with Crippen molar-refractivity contribution in [1.29, 1.82) is 0 Å². The van der Waals surface area contributed by atoms with Gasteiger partial charge in [-0.1, -0.05) is 12.6 Å². The number of anilines is 2. The molecule has 0 saturated carbocycles. The third-order valence-electron chi connectivity index (χ3n) is 4.43. The second-order valence-corrected chi connectivity index (χ2v) is 8.01. The number of alkyl halides is 2. The van der Waals surface area contributed by atoms with E-state index in [0.717, 1.165) is 6.07 Å². The maximum absolute atomic E-state index is 14.3. The van der Waals surface area contributed by atoms with E-state index >= 15 is 0 Å². The topological polar surface area (TPSA) is 101 Å². The van der Waals surface area contributed by atoms with Crippen LogP contribution in [-0.2, 0) is 11.5 Å². The number of nitrogens with one attached hydrogen (secondary N) is 1. The van der Waals surface area contributed by atoms with Gasteiger partial charge in [0.05, 0.1) is 5.60 Å². The minimum absolute atomic E-state index is 0.206. The first-order chi connectivity index (χ1) is 14.4. The van der Waals surface area contributed by atoms with Gasteiger partial charge in [0, 0.05) is 41.0 Å². The van der Waals surface area contributed by atoms with Gasteiger partial charge >= 0.3 is 5.92 Å². The predicted molar refractivity (Wildman–Crippen MR) is 123 cm³/mol. The third-order valence-corrected chi connectivity index (χ3v) is 4.63. The number of carbonyl (C=O) groups excluding carboxylic acids is 1. The molecule has 1 aromatic heterocycles. The number of hydrogen-bond acceptors (Lipinski definition) is 6. The van der Waals surface area contributed by atoms with Gasteiger partial charge < -0.3 is 16.2 Å². The van der Waals surface area contributed by atoms with E-state index in [9.17, 15) is 18.7 Å². The Labute approximate surface area is 185 Å². The summed E-state index contributed by atoms with van der Waals surface area (Å²) in [5.74, 6) is -3.53. The fraction of sp³-hybridized carbons (Fsp3) is 0.318. The monoisotopic (exact) mass is 448 g/mol. The van der Waals surface area contributed by atoms with E-state index in [4.69, 9.17) is 5.73 Å². The number of carbonyl (C=O) groups is 1. The van der Waals surface area contributed by atoms with E-state index in [1.54, 1.807) is 26.1 Å². The van der Waals surface area contributed by atoms with Crippen molar-refractivity contribution in [2.24, 2.45) is 4.99 Å². The molecule has 0 radical (unpaired) electrons. The van der Waals surface area contributed by atoms with Gasteiger partial charge in [-0.3, -0.25) is 9.79 Å². The summed E-state index contributed by atoms with van der Waals surface area (Å²) in [6, 6.07) is 6.88. The Balaban J connectivity index is 2.46. The lowest BCUT2D eigenvalue weighted by atomic mass is 9.94. The lowest BCUT2D eigenvalue weighted by Gasteiger charge is -2.23. The van der Waals surface area contributed by atoms with Crippen LogP contribution < -0.4 is 11.1 Å². The highest BCUT2D eigenvalue weighted by Gasteiger charge is 2.34. The van der Waals surface area contributed by atoms with Crippen LogP contribution >= 0.6 is 12.6 Å². The number of pyridine rings is 1. The molecule has 0 unspecified atom stereocenters. The molecular weight excluding hydrogens is 422 g/mol. The SMILES string of the molecule is C=C(C)C(F)(F)c1cccc(C(=O)Nc2cc(C=NCCS)c(N)cc2C(C)(C)O)n1. The normalized spacial score (nSPS) is 12.2. The summed E-state index contributed by atoms with van der Waals surface area (Å²) in [7, 11) is 0. The first kappa shape index (κ1) is 24.5. The molecule has 1 aromatic carbocycles. The first-order valence-corrected chi connectivity index (χ1v) is 10.1. The summed E-state index contributed by atoms with van der Waals surface area (Å²) in [5, 5.41) is 13.2. The lowest BCUT2D eigenvalue weighted by Crippen LogP contribution is -2.23. The molecule has 0 saturated heterocycles. The molecule has 9 heteroatoms. The molecule has 6 nitrogen and oxygen atoms in total. The van der Waals surface area contributed by atoms with E-state index in [1.165, 1.54) is 25.1 Å². The summed E-state index contributed by atoms with van der Waals surface area (Å²) in [6.07, 6.45) is 1.54. The number of aromatic nitrogens is 1. The molecule has 2 aromatic rings. The third kappa shape index (κ3) is 5.89. The Morgan fingerprint density at radius 3 is 2.65 bits per heavy atom. The zero-order valence-corrected chi connectivity index (χ0v) is 18.5. The van der Waals surface area contributed by atoms with Crippen molar-refractivity contribution in [2.45, 2.75) is 32.3 Å². The Kier molecular flexibility index (Phi) is 7.56. The van der Waals surface area contributed by atoms with Crippen LogP contribution in [-0.4, -0.2) is 34.5 Å². The molecule has 0 aliphatic heterocycles. The smallest absolute Gasteiger partial charge is 0.310 e. The van der Waals surface area contributed by atoms with Crippen LogP contribution in [0.15, 0.2) is 47.5 Å². The Bertz CT molecular complexity index is 1020. The molecule has 166 valence electrons. The van der Waals surface area contributed by atoms with Crippen molar-refractivity contribution in [3.05, 3.63) is 65.0 Å². The van der Waals surface area contributed by atoms with Crippen LogP contribution in [0.4, 0.5) is 20.2 Å². The number of aliphatic hydroxyl groups is 1. The van der Waals surface area contributed by atoms with Crippen LogP contribution in [0, 0.1) is 0 Å². The minimum Gasteiger partial charge on any atom is -0.398 e. The zero-order valence-electron chi connectivity index (χ0n) is 17.6. The second-order valence-electron chi connectivity index (χ2n) is 7.56. The van der Waals surface area contributed by atoms with Crippen LogP contribution in [0.5, 0.6) is 0 Å². The number of aliphatic imine (C=N–C) groups is 1. The average Bonchev–Trinajstić information content (AvgIpc) is 2.69. The molecule has 0 aliphatic carbocycles. The van der Waals surface area contributed by atoms with Gasteiger partial charge in [-0.05, 0) is 50.6 Å². The quantitative estimate of drug-likeness (QED) is 0.211. The Hall–Kier alpha value is -2.78. The number of nitrogens with zero attached hydrogens (tertiary/aromatic N) is 2. The summed E-state index contributed by atoms with van der Waals surface area (Å²) in [4.78, 5) is 20.8. The summed E-state index contributed by atoms with van der Waals surface area (Å²) < 4.78 is 28.5. The number of nitrogen functional groups attached to an aromatic ring is 1. The number of rotatable bonds is 8. The second kappa shape index (κ2) is 9.57. The number of allylic oxidation sites excluding steroid dienone is 1. The molecule has 0 spiro atoms. The molecule has 0 bridgehead atoms. The van der Waals surface area contributed by atoms with Gasteiger partial charge in [0.1, 0.15) is 11.4 Å². The van der Waals surface area contributed by atoms with E-state index in [0.29, 0.717) is 29.1 Å². The fourth-order valence-corrected chi connectivity index (χ4v) is 2.83. The largest absolute Gasteiger partial charge is 0.398 e. The van der Waals surface area contributed by atoms with Crippen molar-refractivity contribution in [2.75, 3.05) is 23.3 Å². The Morgan fingerprint density at radius 2 is 2.06 bits per heavy atom. The highest BCUT2D eigenvalue weighted by Crippen LogP contribution is 2.34. The van der Waals surface area contributed by atoms with Crippen molar-refractivity contribution in [3.63, 3.8) is 0 Å². The first-order valence-electron chi connectivity index (χ1n) is 9.47. The molecule has 0 fully saturated rings. The molecule has 1 heterocycles. The van der Waals surface area contributed by atoms with Gasteiger partial charge in [-0.25, -0.2) is 4.98 Å². The number of thiol groups is 1. The van der Waals surface area contributed by atoms with Gasteiger partial charge in [0.2, 0.25) is 0 Å². The van der Waals surface area contributed by atoms with E-state index in [2.05, 4.69) is 34.5 Å². The van der Waals surface area contributed by atoms with E-state index in [-0.39, 0.29) is 17.0 Å². The predicted octanol–water partition coefficient (Wildman–Crippen LogP) is 4.16. The number of hydrogen-bond donors (Lipinski definition) is 4. The highest BCUT2D eigenvalue weighted by molar-refractivity contribution is 7.80. The highest BCUT2D eigenvalue weighted by atomic mass is 32.1. The van der Waals surface area contributed by atoms with Crippen molar-refractivity contribution in [1.82, 2.24) is 4.98 Å². The fourth-order valence-electron chi connectivity index (χ4n) is 2.72. The number of nitrogens with two attached hydrogens (primary N) is 1. The maximum Gasteiger partial charge on any atom is 0.310 e. The minimum atomic E-state index is -3.37. The van der Waals surface area contributed by atoms with Gasteiger partial charge in [-0.2, -0.15) is 21.4 Å². The van der Waals surface area contributed by atoms with Crippen LogP contribution in [0.2, 0.25) is 0 Å².